The zero-order valence-corrected chi connectivity index (χ0v) is 15.1. The third kappa shape index (κ3) is 2.87. The molecule has 0 saturated carbocycles. The molecule has 2 atom stereocenters. The standard InChI is InChI=1S/C19H23N5O/c1-12-5-6-17(13(2)7-12)24-19-16(8-22-24)18(20-11-21-19)23-9-14(3)25-15(4)10-23/h5-8,11,14-15H,9-10H2,1-4H3/t14-,15+. The Balaban J connectivity index is 1.81. The molecule has 0 spiro atoms. The van der Waals surface area contributed by atoms with Crippen molar-refractivity contribution >= 4 is 16.9 Å². The molecule has 0 bridgehead atoms. The van der Waals surface area contributed by atoms with Gasteiger partial charge in [-0.3, -0.25) is 0 Å². The lowest BCUT2D eigenvalue weighted by molar-refractivity contribution is -0.00537. The summed E-state index contributed by atoms with van der Waals surface area (Å²) in [6.07, 6.45) is 3.87. The lowest BCUT2D eigenvalue weighted by Gasteiger charge is -2.36. The summed E-state index contributed by atoms with van der Waals surface area (Å²) in [6.45, 7) is 10.0. The van der Waals surface area contributed by atoms with E-state index < -0.39 is 0 Å². The molecule has 1 fully saturated rings. The van der Waals surface area contributed by atoms with E-state index in [2.05, 4.69) is 65.9 Å². The fourth-order valence-electron chi connectivity index (χ4n) is 3.65. The Morgan fingerprint density at radius 1 is 1.08 bits per heavy atom. The van der Waals surface area contributed by atoms with Gasteiger partial charge in [0.1, 0.15) is 12.1 Å². The van der Waals surface area contributed by atoms with Gasteiger partial charge in [-0.1, -0.05) is 17.7 Å². The van der Waals surface area contributed by atoms with E-state index in [0.29, 0.717) is 0 Å². The molecule has 3 heterocycles. The van der Waals surface area contributed by atoms with E-state index in [4.69, 9.17) is 4.74 Å². The molecule has 1 aliphatic heterocycles. The first-order valence-electron chi connectivity index (χ1n) is 8.69. The van der Waals surface area contributed by atoms with Crippen LogP contribution < -0.4 is 4.90 Å². The number of aryl methyl sites for hydroxylation is 2. The van der Waals surface area contributed by atoms with Crippen molar-refractivity contribution in [3.63, 3.8) is 0 Å². The van der Waals surface area contributed by atoms with Crippen molar-refractivity contribution in [3.8, 4) is 5.69 Å². The molecule has 1 aliphatic rings. The average molecular weight is 337 g/mol. The number of aromatic nitrogens is 4. The summed E-state index contributed by atoms with van der Waals surface area (Å²) in [4.78, 5) is 11.3. The Morgan fingerprint density at radius 2 is 1.84 bits per heavy atom. The van der Waals surface area contributed by atoms with Gasteiger partial charge in [0, 0.05) is 13.1 Å². The van der Waals surface area contributed by atoms with Gasteiger partial charge in [-0.05, 0) is 39.3 Å². The quantitative estimate of drug-likeness (QED) is 0.719. The number of morpholine rings is 1. The van der Waals surface area contributed by atoms with E-state index in [1.165, 1.54) is 11.1 Å². The molecule has 4 rings (SSSR count). The monoisotopic (exact) mass is 337 g/mol. The normalized spacial score (nSPS) is 21.0. The number of nitrogens with zero attached hydrogens (tertiary/aromatic N) is 5. The minimum Gasteiger partial charge on any atom is -0.372 e. The number of anilines is 1. The Kier molecular flexibility index (Phi) is 3.92. The molecular formula is C19H23N5O. The van der Waals surface area contributed by atoms with E-state index in [1.807, 2.05) is 10.9 Å². The summed E-state index contributed by atoms with van der Waals surface area (Å²) in [5.41, 5.74) is 4.31. The summed E-state index contributed by atoms with van der Waals surface area (Å²) in [7, 11) is 0. The minimum atomic E-state index is 0.183. The van der Waals surface area contributed by atoms with Gasteiger partial charge in [-0.2, -0.15) is 5.10 Å². The maximum atomic E-state index is 5.85. The lowest BCUT2D eigenvalue weighted by Crippen LogP contribution is -2.45. The van der Waals surface area contributed by atoms with Crippen molar-refractivity contribution in [2.24, 2.45) is 0 Å². The van der Waals surface area contributed by atoms with Gasteiger partial charge in [-0.15, -0.1) is 0 Å². The van der Waals surface area contributed by atoms with Crippen LogP contribution in [0.5, 0.6) is 0 Å². The van der Waals surface area contributed by atoms with E-state index in [9.17, 15) is 0 Å². The van der Waals surface area contributed by atoms with E-state index in [1.54, 1.807) is 6.33 Å². The van der Waals surface area contributed by atoms with Crippen LogP contribution in [0, 0.1) is 13.8 Å². The lowest BCUT2D eigenvalue weighted by atomic mass is 10.1. The average Bonchev–Trinajstić information content (AvgIpc) is 2.98. The summed E-state index contributed by atoms with van der Waals surface area (Å²) >= 11 is 0. The first kappa shape index (κ1) is 16.0. The first-order chi connectivity index (χ1) is 12.0. The van der Waals surface area contributed by atoms with Crippen molar-refractivity contribution in [2.75, 3.05) is 18.0 Å². The Bertz CT molecular complexity index is 909. The molecule has 1 saturated heterocycles. The second-order valence-electron chi connectivity index (χ2n) is 6.94. The predicted octanol–water partition coefficient (Wildman–Crippen LogP) is 3.05. The summed E-state index contributed by atoms with van der Waals surface area (Å²) < 4.78 is 7.75. The van der Waals surface area contributed by atoms with Crippen molar-refractivity contribution in [1.82, 2.24) is 19.7 Å². The molecule has 0 aliphatic carbocycles. The summed E-state index contributed by atoms with van der Waals surface area (Å²) in [5, 5.41) is 5.58. The number of hydrogen-bond donors (Lipinski definition) is 0. The molecule has 6 nitrogen and oxygen atoms in total. The molecule has 130 valence electrons. The fraction of sp³-hybridized carbons (Fsp3) is 0.421. The SMILES string of the molecule is Cc1ccc(-n2ncc3c(N4C[C@@H](C)O[C@@H](C)C4)ncnc32)c(C)c1. The summed E-state index contributed by atoms with van der Waals surface area (Å²) in [5.74, 6) is 0.933. The second kappa shape index (κ2) is 6.11. The number of ether oxygens (including phenoxy) is 1. The highest BCUT2D eigenvalue weighted by Gasteiger charge is 2.25. The summed E-state index contributed by atoms with van der Waals surface area (Å²) in [6, 6.07) is 6.36. The predicted molar refractivity (Wildman–Crippen MR) is 98.4 cm³/mol. The molecular weight excluding hydrogens is 314 g/mol. The Labute approximate surface area is 147 Å². The molecule has 6 heteroatoms. The highest BCUT2D eigenvalue weighted by atomic mass is 16.5. The number of rotatable bonds is 2. The van der Waals surface area contributed by atoms with Crippen LogP contribution in [0.1, 0.15) is 25.0 Å². The third-order valence-electron chi connectivity index (χ3n) is 4.64. The topological polar surface area (TPSA) is 56.1 Å². The maximum absolute atomic E-state index is 5.85. The van der Waals surface area contributed by atoms with Crippen molar-refractivity contribution in [3.05, 3.63) is 41.9 Å². The van der Waals surface area contributed by atoms with Crippen molar-refractivity contribution in [2.45, 2.75) is 39.9 Å². The van der Waals surface area contributed by atoms with Crippen LogP contribution in [-0.4, -0.2) is 45.0 Å². The van der Waals surface area contributed by atoms with Crippen LogP contribution in [-0.2, 0) is 4.74 Å². The molecule has 2 aromatic heterocycles. The van der Waals surface area contributed by atoms with Crippen LogP contribution in [0.2, 0.25) is 0 Å². The van der Waals surface area contributed by atoms with Gasteiger partial charge in [-0.25, -0.2) is 14.6 Å². The Hall–Kier alpha value is -2.47. The first-order valence-corrected chi connectivity index (χ1v) is 8.69. The molecule has 3 aromatic rings. The van der Waals surface area contributed by atoms with Crippen LogP contribution in [0.3, 0.4) is 0 Å². The molecule has 1 aromatic carbocycles. The molecule has 0 unspecified atom stereocenters. The number of fused-ring (bicyclic) bond motifs is 1. The molecule has 25 heavy (non-hydrogen) atoms. The van der Waals surface area contributed by atoms with Gasteiger partial charge >= 0.3 is 0 Å². The number of benzene rings is 1. The van der Waals surface area contributed by atoms with Crippen molar-refractivity contribution in [1.29, 1.82) is 0 Å². The van der Waals surface area contributed by atoms with Gasteiger partial charge in [0.05, 0.1) is 29.5 Å². The zero-order chi connectivity index (χ0) is 17.6. The van der Waals surface area contributed by atoms with Gasteiger partial charge < -0.3 is 9.64 Å². The largest absolute Gasteiger partial charge is 0.372 e. The third-order valence-corrected chi connectivity index (χ3v) is 4.64. The fourth-order valence-corrected chi connectivity index (χ4v) is 3.65. The van der Waals surface area contributed by atoms with Gasteiger partial charge in [0.25, 0.3) is 0 Å². The second-order valence-corrected chi connectivity index (χ2v) is 6.94. The number of hydrogen-bond acceptors (Lipinski definition) is 5. The highest BCUT2D eigenvalue weighted by molar-refractivity contribution is 5.87. The zero-order valence-electron chi connectivity index (χ0n) is 15.1. The Morgan fingerprint density at radius 3 is 2.56 bits per heavy atom. The van der Waals surface area contributed by atoms with Crippen LogP contribution in [0.25, 0.3) is 16.7 Å². The molecule has 0 radical (unpaired) electrons. The smallest absolute Gasteiger partial charge is 0.168 e. The molecule has 0 N–H and O–H groups in total. The van der Waals surface area contributed by atoms with Gasteiger partial charge in [0.15, 0.2) is 5.65 Å². The highest BCUT2D eigenvalue weighted by Crippen LogP contribution is 2.28. The van der Waals surface area contributed by atoms with E-state index >= 15 is 0 Å². The minimum absolute atomic E-state index is 0.183. The maximum Gasteiger partial charge on any atom is 0.168 e. The van der Waals surface area contributed by atoms with Crippen molar-refractivity contribution < 1.29 is 4.74 Å². The van der Waals surface area contributed by atoms with Crippen LogP contribution in [0.4, 0.5) is 5.82 Å². The van der Waals surface area contributed by atoms with E-state index in [-0.39, 0.29) is 12.2 Å². The van der Waals surface area contributed by atoms with Crippen LogP contribution in [0.15, 0.2) is 30.7 Å². The van der Waals surface area contributed by atoms with E-state index in [0.717, 1.165) is 35.6 Å². The van der Waals surface area contributed by atoms with Crippen LogP contribution >= 0.6 is 0 Å². The molecule has 0 amide bonds. The van der Waals surface area contributed by atoms with Gasteiger partial charge in [0.2, 0.25) is 0 Å².